The number of esters is 1. The summed E-state index contributed by atoms with van der Waals surface area (Å²) in [5.41, 5.74) is 0.860. The van der Waals surface area contributed by atoms with Gasteiger partial charge in [-0.15, -0.1) is 0 Å². The van der Waals surface area contributed by atoms with Gasteiger partial charge in [-0.2, -0.15) is 0 Å². The molecule has 6 heteroatoms. The molecule has 2 rings (SSSR count). The fourth-order valence-electron chi connectivity index (χ4n) is 1.68. The molecule has 0 aliphatic heterocycles. The fourth-order valence-corrected chi connectivity index (χ4v) is 1.99. The van der Waals surface area contributed by atoms with Gasteiger partial charge in [0.1, 0.15) is 0 Å². The average Bonchev–Trinajstić information content (AvgIpc) is 2.47. The molecular formula is C16H13Cl2NO3. The third-order valence-corrected chi connectivity index (χ3v) is 3.31. The number of nitrogens with one attached hydrogen (secondary N) is 1. The molecule has 0 aromatic heterocycles. The zero-order valence-corrected chi connectivity index (χ0v) is 13.2. The van der Waals surface area contributed by atoms with Crippen LogP contribution in [-0.4, -0.2) is 18.0 Å². The van der Waals surface area contributed by atoms with Crippen molar-refractivity contribution in [1.82, 2.24) is 0 Å². The van der Waals surface area contributed by atoms with Crippen LogP contribution >= 0.6 is 23.2 Å². The van der Waals surface area contributed by atoms with Gasteiger partial charge in [0.05, 0.1) is 5.56 Å². The Kier molecular flexibility index (Phi) is 5.41. The predicted molar refractivity (Wildman–Crippen MR) is 86.4 cm³/mol. The summed E-state index contributed by atoms with van der Waals surface area (Å²) >= 11 is 11.6. The number of carbonyl (C=O) groups excluding carboxylic acids is 2. The lowest BCUT2D eigenvalue weighted by molar-refractivity contribution is -0.123. The third-order valence-electron chi connectivity index (χ3n) is 2.83. The largest absolute Gasteiger partial charge is 0.449 e. The average molecular weight is 338 g/mol. The monoisotopic (exact) mass is 337 g/mol. The van der Waals surface area contributed by atoms with E-state index in [2.05, 4.69) is 5.32 Å². The Hall–Kier alpha value is -2.04. The normalized spacial score (nSPS) is 11.6. The predicted octanol–water partition coefficient (Wildman–Crippen LogP) is 4.18. The Morgan fingerprint density at radius 1 is 1.05 bits per heavy atom. The molecular weight excluding hydrogens is 325 g/mol. The molecule has 4 nitrogen and oxygen atoms in total. The van der Waals surface area contributed by atoms with Crippen molar-refractivity contribution in [3.05, 3.63) is 64.1 Å². The first-order chi connectivity index (χ1) is 10.5. The van der Waals surface area contributed by atoms with Gasteiger partial charge in [-0.25, -0.2) is 4.79 Å². The second kappa shape index (κ2) is 7.29. The third kappa shape index (κ3) is 4.48. The first-order valence-electron chi connectivity index (χ1n) is 6.48. The Labute approximate surface area is 138 Å². The van der Waals surface area contributed by atoms with Crippen LogP contribution in [0.4, 0.5) is 5.69 Å². The lowest BCUT2D eigenvalue weighted by Gasteiger charge is -2.13. The van der Waals surface area contributed by atoms with E-state index in [9.17, 15) is 9.59 Å². The van der Waals surface area contributed by atoms with Gasteiger partial charge in [-0.1, -0.05) is 29.3 Å². The number of ether oxygens (including phenoxy) is 1. The number of hydrogen-bond donors (Lipinski definition) is 1. The van der Waals surface area contributed by atoms with Crippen LogP contribution in [0.25, 0.3) is 0 Å². The van der Waals surface area contributed by atoms with Crippen LogP contribution in [0.5, 0.6) is 0 Å². The molecule has 0 aliphatic carbocycles. The molecule has 1 N–H and O–H groups in total. The van der Waals surface area contributed by atoms with Gasteiger partial charge in [0.15, 0.2) is 6.10 Å². The molecule has 1 amide bonds. The molecule has 114 valence electrons. The van der Waals surface area contributed by atoms with Gasteiger partial charge in [0.2, 0.25) is 0 Å². The molecule has 0 saturated heterocycles. The highest BCUT2D eigenvalue weighted by atomic mass is 35.5. The van der Waals surface area contributed by atoms with Crippen LogP contribution in [0, 0.1) is 0 Å². The highest BCUT2D eigenvalue weighted by Gasteiger charge is 2.19. The van der Waals surface area contributed by atoms with Crippen molar-refractivity contribution in [3.63, 3.8) is 0 Å². The number of amides is 1. The number of carbonyl (C=O) groups is 2. The zero-order chi connectivity index (χ0) is 16.1. The van der Waals surface area contributed by atoms with Gasteiger partial charge in [0, 0.05) is 15.7 Å². The summed E-state index contributed by atoms with van der Waals surface area (Å²) in [5.74, 6) is -1.03. The first-order valence-corrected chi connectivity index (χ1v) is 7.24. The second-order valence-electron chi connectivity index (χ2n) is 4.55. The van der Waals surface area contributed by atoms with Gasteiger partial charge in [-0.05, 0) is 49.4 Å². The molecule has 2 aromatic carbocycles. The molecule has 0 heterocycles. The van der Waals surface area contributed by atoms with Gasteiger partial charge in [0.25, 0.3) is 5.91 Å². The SMILES string of the molecule is C[C@@H](OC(=O)c1ccc(Cl)cc1)C(=O)Nc1cccc(Cl)c1. The van der Waals surface area contributed by atoms with E-state index in [1.165, 1.54) is 19.1 Å². The minimum Gasteiger partial charge on any atom is -0.449 e. The minimum absolute atomic E-state index is 0.326. The number of benzene rings is 2. The van der Waals surface area contributed by atoms with E-state index >= 15 is 0 Å². The van der Waals surface area contributed by atoms with E-state index in [1.807, 2.05) is 0 Å². The Bertz CT molecular complexity index is 686. The molecule has 0 aliphatic rings. The molecule has 0 bridgehead atoms. The Morgan fingerprint density at radius 2 is 1.73 bits per heavy atom. The first kappa shape index (κ1) is 16.3. The molecule has 2 aromatic rings. The van der Waals surface area contributed by atoms with Gasteiger partial charge < -0.3 is 10.1 Å². The Balaban J connectivity index is 1.96. The van der Waals surface area contributed by atoms with Crippen LogP contribution < -0.4 is 5.32 Å². The summed E-state index contributed by atoms with van der Waals surface area (Å²) < 4.78 is 5.11. The van der Waals surface area contributed by atoms with Crippen molar-refractivity contribution in [2.24, 2.45) is 0 Å². The standard InChI is InChI=1S/C16H13Cl2NO3/c1-10(15(20)19-14-4-2-3-13(18)9-14)22-16(21)11-5-7-12(17)8-6-11/h2-10H,1H3,(H,19,20)/t10-/m1/s1. The van der Waals surface area contributed by atoms with Crippen molar-refractivity contribution in [2.75, 3.05) is 5.32 Å². The van der Waals surface area contributed by atoms with Crippen LogP contribution in [-0.2, 0) is 9.53 Å². The van der Waals surface area contributed by atoms with Gasteiger partial charge >= 0.3 is 5.97 Å². The smallest absolute Gasteiger partial charge is 0.338 e. The molecule has 0 saturated carbocycles. The Morgan fingerprint density at radius 3 is 2.36 bits per heavy atom. The number of halogens is 2. The molecule has 1 atom stereocenters. The number of rotatable bonds is 4. The summed E-state index contributed by atoms with van der Waals surface area (Å²) in [7, 11) is 0. The molecule has 0 fully saturated rings. The van der Waals surface area contributed by atoms with E-state index in [4.69, 9.17) is 27.9 Å². The quantitative estimate of drug-likeness (QED) is 0.851. The zero-order valence-electron chi connectivity index (χ0n) is 11.7. The maximum atomic E-state index is 12.0. The lowest BCUT2D eigenvalue weighted by Crippen LogP contribution is -2.30. The van der Waals surface area contributed by atoms with E-state index in [1.54, 1.807) is 36.4 Å². The summed E-state index contributed by atoms with van der Waals surface area (Å²) in [6.45, 7) is 1.49. The minimum atomic E-state index is -0.942. The molecule has 0 spiro atoms. The molecule has 22 heavy (non-hydrogen) atoms. The maximum Gasteiger partial charge on any atom is 0.338 e. The summed E-state index contributed by atoms with van der Waals surface area (Å²) in [4.78, 5) is 23.9. The van der Waals surface area contributed by atoms with E-state index in [0.29, 0.717) is 21.3 Å². The van der Waals surface area contributed by atoms with Crippen molar-refractivity contribution in [3.8, 4) is 0 Å². The molecule has 0 unspecified atom stereocenters. The van der Waals surface area contributed by atoms with E-state index in [0.717, 1.165) is 0 Å². The van der Waals surface area contributed by atoms with Crippen molar-refractivity contribution < 1.29 is 14.3 Å². The second-order valence-corrected chi connectivity index (χ2v) is 5.43. The summed E-state index contributed by atoms with van der Waals surface area (Å²) in [6, 6.07) is 12.9. The van der Waals surface area contributed by atoms with Crippen LogP contribution in [0.2, 0.25) is 10.0 Å². The summed E-state index contributed by atoms with van der Waals surface area (Å²) in [6.07, 6.45) is -0.942. The van der Waals surface area contributed by atoms with Crippen LogP contribution in [0.3, 0.4) is 0 Å². The van der Waals surface area contributed by atoms with Gasteiger partial charge in [-0.3, -0.25) is 4.79 Å². The van der Waals surface area contributed by atoms with Crippen molar-refractivity contribution in [2.45, 2.75) is 13.0 Å². The van der Waals surface area contributed by atoms with Crippen molar-refractivity contribution >= 4 is 40.8 Å². The topological polar surface area (TPSA) is 55.4 Å². The van der Waals surface area contributed by atoms with Crippen LogP contribution in [0.15, 0.2) is 48.5 Å². The number of anilines is 1. The van der Waals surface area contributed by atoms with Crippen molar-refractivity contribution in [1.29, 1.82) is 0 Å². The highest BCUT2D eigenvalue weighted by Crippen LogP contribution is 2.16. The fraction of sp³-hybridized carbons (Fsp3) is 0.125. The number of hydrogen-bond acceptors (Lipinski definition) is 3. The van der Waals surface area contributed by atoms with E-state index < -0.39 is 18.0 Å². The van der Waals surface area contributed by atoms with Crippen LogP contribution in [0.1, 0.15) is 17.3 Å². The maximum absolute atomic E-state index is 12.0. The lowest BCUT2D eigenvalue weighted by atomic mass is 10.2. The highest BCUT2D eigenvalue weighted by molar-refractivity contribution is 6.31. The van der Waals surface area contributed by atoms with E-state index in [-0.39, 0.29) is 0 Å². The summed E-state index contributed by atoms with van der Waals surface area (Å²) in [5, 5.41) is 3.65. The molecule has 0 radical (unpaired) electrons.